The van der Waals surface area contributed by atoms with Crippen LogP contribution >= 0.6 is 0 Å². The number of fused-ring (bicyclic) bond motifs is 10. The molecule has 0 atom stereocenters. The summed E-state index contributed by atoms with van der Waals surface area (Å²) in [7, 11) is 0. The summed E-state index contributed by atoms with van der Waals surface area (Å²) in [5.41, 5.74) is 27.1. The molecule has 0 fully saturated rings. The van der Waals surface area contributed by atoms with E-state index < -0.39 is 0 Å². The number of hydrogen-bond acceptors (Lipinski definition) is 0. The lowest BCUT2D eigenvalue weighted by Crippen LogP contribution is -2.61. The molecule has 294 valence electrons. The van der Waals surface area contributed by atoms with Crippen molar-refractivity contribution in [3.8, 4) is 11.4 Å². The third-order valence-electron chi connectivity index (χ3n) is 14.3. The molecular weight excluding hydrogens is 722 g/mol. The number of rotatable bonds is 2. The predicted octanol–water partition coefficient (Wildman–Crippen LogP) is 9.99. The molecule has 9 aromatic rings. The quantitative estimate of drug-likeness (QED) is 0.155. The molecule has 4 heterocycles. The first-order valence-electron chi connectivity index (χ1n) is 22.0. The maximum atomic E-state index is 2.67. The molecule has 0 saturated carbocycles. The summed E-state index contributed by atoms with van der Waals surface area (Å²) in [5, 5.41) is 5.34. The zero-order valence-corrected chi connectivity index (χ0v) is 37.4. The number of benzene rings is 7. The van der Waals surface area contributed by atoms with E-state index in [1.807, 2.05) is 0 Å². The Morgan fingerprint density at radius 2 is 0.867 bits per heavy atom. The van der Waals surface area contributed by atoms with Crippen LogP contribution in [0.3, 0.4) is 0 Å². The Morgan fingerprint density at radius 3 is 1.43 bits per heavy atom. The number of hydrogen-bond donors (Lipinski definition) is 0. The van der Waals surface area contributed by atoms with Crippen LogP contribution in [-0.2, 0) is 10.8 Å². The molecule has 2 aliphatic heterocycles. The summed E-state index contributed by atoms with van der Waals surface area (Å²) in [5.74, 6) is 0. The van der Waals surface area contributed by atoms with Gasteiger partial charge >= 0.3 is 0 Å². The Bertz CT molecular complexity index is 3310. The molecule has 0 saturated heterocycles. The second-order valence-corrected chi connectivity index (χ2v) is 20.6. The van der Waals surface area contributed by atoms with Crippen molar-refractivity contribution in [3.05, 3.63) is 154 Å². The summed E-state index contributed by atoms with van der Waals surface area (Å²) in [4.78, 5) is 0. The minimum atomic E-state index is -0.0326. The molecule has 0 amide bonds. The third-order valence-corrected chi connectivity index (χ3v) is 14.3. The van der Waals surface area contributed by atoms with E-state index in [2.05, 4.69) is 201 Å². The Hall–Kier alpha value is -5.73. The molecular formula is C56H54B2N2. The fraction of sp³-hybridized carbons (Fsp3) is 0.250. The topological polar surface area (TPSA) is 9.86 Å². The van der Waals surface area contributed by atoms with Gasteiger partial charge in [-0.15, -0.1) is 0 Å². The summed E-state index contributed by atoms with van der Waals surface area (Å²) >= 11 is 0. The van der Waals surface area contributed by atoms with Gasteiger partial charge in [-0.3, -0.25) is 0 Å². The lowest BCUT2D eigenvalue weighted by atomic mass is 9.32. The van der Waals surface area contributed by atoms with Crippen LogP contribution in [0.5, 0.6) is 0 Å². The maximum Gasteiger partial charge on any atom is 0.247 e. The highest BCUT2D eigenvalue weighted by atomic mass is 15.0. The Labute approximate surface area is 356 Å². The van der Waals surface area contributed by atoms with Gasteiger partial charge < -0.3 is 9.13 Å². The second-order valence-electron chi connectivity index (χ2n) is 20.6. The number of aryl methyl sites for hydroxylation is 6. The van der Waals surface area contributed by atoms with Crippen molar-refractivity contribution < 1.29 is 0 Å². The lowest BCUT2D eigenvalue weighted by molar-refractivity contribution is 0.590. The minimum absolute atomic E-state index is 0.0259. The fourth-order valence-electron chi connectivity index (χ4n) is 11.8. The largest absolute Gasteiger partial charge is 0.310 e. The fourth-order valence-corrected chi connectivity index (χ4v) is 11.8. The van der Waals surface area contributed by atoms with E-state index in [-0.39, 0.29) is 24.3 Å². The van der Waals surface area contributed by atoms with Gasteiger partial charge in [0.25, 0.3) is 0 Å². The van der Waals surface area contributed by atoms with Crippen molar-refractivity contribution in [2.75, 3.05) is 0 Å². The van der Waals surface area contributed by atoms with E-state index in [9.17, 15) is 0 Å². The van der Waals surface area contributed by atoms with Gasteiger partial charge in [-0.2, -0.15) is 0 Å². The van der Waals surface area contributed by atoms with E-state index in [1.54, 1.807) is 0 Å². The molecule has 2 aromatic heterocycles. The van der Waals surface area contributed by atoms with E-state index >= 15 is 0 Å². The molecule has 4 heteroatoms. The van der Waals surface area contributed by atoms with Gasteiger partial charge in [-0.05, 0) is 122 Å². The maximum absolute atomic E-state index is 2.67. The van der Waals surface area contributed by atoms with Gasteiger partial charge in [-0.25, -0.2) is 0 Å². The van der Waals surface area contributed by atoms with E-state index in [0.717, 1.165) is 0 Å². The first kappa shape index (κ1) is 37.3. The van der Waals surface area contributed by atoms with E-state index in [4.69, 9.17) is 0 Å². The molecule has 0 unspecified atom stereocenters. The molecule has 0 N–H and O–H groups in total. The summed E-state index contributed by atoms with van der Waals surface area (Å²) in [6.07, 6.45) is 0. The van der Waals surface area contributed by atoms with Gasteiger partial charge in [0.1, 0.15) is 0 Å². The van der Waals surface area contributed by atoms with Crippen molar-refractivity contribution in [3.63, 3.8) is 0 Å². The highest BCUT2D eigenvalue weighted by Crippen LogP contribution is 2.40. The van der Waals surface area contributed by atoms with Crippen LogP contribution in [0, 0.1) is 41.5 Å². The molecule has 0 aliphatic carbocycles. The monoisotopic (exact) mass is 776 g/mol. The van der Waals surface area contributed by atoms with Crippen molar-refractivity contribution in [1.29, 1.82) is 0 Å². The molecule has 2 aliphatic rings. The highest BCUT2D eigenvalue weighted by molar-refractivity contribution is 7.00. The zero-order chi connectivity index (χ0) is 41.9. The van der Waals surface area contributed by atoms with Crippen LogP contribution < -0.4 is 32.8 Å². The van der Waals surface area contributed by atoms with Crippen LogP contribution in [0.4, 0.5) is 0 Å². The zero-order valence-electron chi connectivity index (χ0n) is 37.4. The van der Waals surface area contributed by atoms with Gasteiger partial charge in [0.05, 0.1) is 11.0 Å². The molecule has 11 rings (SSSR count). The van der Waals surface area contributed by atoms with Crippen LogP contribution in [0.1, 0.15) is 86.1 Å². The molecule has 0 spiro atoms. The van der Waals surface area contributed by atoms with Crippen molar-refractivity contribution in [1.82, 2.24) is 9.13 Å². The second kappa shape index (κ2) is 12.4. The number of nitrogens with zero attached hydrogens (tertiary/aromatic N) is 2. The first-order valence-corrected chi connectivity index (χ1v) is 22.0. The van der Waals surface area contributed by atoms with Gasteiger partial charge in [-0.1, -0.05) is 159 Å². The summed E-state index contributed by atoms with van der Waals surface area (Å²) in [6, 6.07) is 43.4. The Balaban J connectivity index is 1.36. The normalized spacial score (nSPS) is 13.6. The van der Waals surface area contributed by atoms with Gasteiger partial charge in [0.2, 0.25) is 13.4 Å². The van der Waals surface area contributed by atoms with Gasteiger partial charge in [0.15, 0.2) is 0 Å². The van der Waals surface area contributed by atoms with Crippen LogP contribution in [0.25, 0.3) is 55.0 Å². The van der Waals surface area contributed by atoms with Crippen molar-refractivity contribution >= 4 is 89.8 Å². The number of aromatic nitrogens is 2. The van der Waals surface area contributed by atoms with Crippen molar-refractivity contribution in [2.45, 2.75) is 93.9 Å². The van der Waals surface area contributed by atoms with Crippen LogP contribution in [-0.4, -0.2) is 22.6 Å². The average molecular weight is 777 g/mol. The summed E-state index contributed by atoms with van der Waals surface area (Å²) in [6.45, 7) is 28.1. The lowest BCUT2D eigenvalue weighted by Gasteiger charge is -2.35. The molecule has 0 radical (unpaired) electrons. The molecule has 0 bridgehead atoms. The van der Waals surface area contributed by atoms with Crippen molar-refractivity contribution in [2.24, 2.45) is 0 Å². The molecule has 2 nitrogen and oxygen atoms in total. The SMILES string of the molecule is Cc1cc(C)c(B2c3cc4c(cc3-n3c5ccccc5c5cccc2c53)B(c2c(C)cc(C)cc2C)c2cc(C(C)(C)C)cc3c5cc(C(C)(C)C)ccc5n-4c23)c(C)c1. The Kier molecular flexibility index (Phi) is 7.71. The van der Waals surface area contributed by atoms with Gasteiger partial charge in [0, 0.05) is 44.0 Å². The van der Waals surface area contributed by atoms with Crippen LogP contribution in [0.15, 0.2) is 109 Å². The molecule has 7 aromatic carbocycles. The third kappa shape index (κ3) is 5.09. The smallest absolute Gasteiger partial charge is 0.247 e. The first-order chi connectivity index (χ1) is 28.5. The highest BCUT2D eigenvalue weighted by Gasteiger charge is 2.41. The van der Waals surface area contributed by atoms with E-state index in [1.165, 1.54) is 132 Å². The molecule has 60 heavy (non-hydrogen) atoms. The average Bonchev–Trinajstić information content (AvgIpc) is 3.69. The summed E-state index contributed by atoms with van der Waals surface area (Å²) < 4.78 is 5.29. The minimum Gasteiger partial charge on any atom is -0.310 e. The Morgan fingerprint density at radius 1 is 0.383 bits per heavy atom. The predicted molar refractivity (Wildman–Crippen MR) is 263 cm³/mol. The van der Waals surface area contributed by atoms with E-state index in [0.29, 0.717) is 0 Å². The number of para-hydroxylation sites is 2. The standard InChI is InChI=1S/C56H54B2N2/c1-31-22-33(3)51(34(4)23-31)57-43-18-15-17-40-39-16-13-14-19-47(39)59(53(40)43)49-30-45-50(29-44(49)57)60-48-21-20-37(55(7,8)9)26-41(48)42-27-38(56(10,11)12)28-46(54(42)60)58(45)52-35(5)24-32(2)25-36(52)6/h13-30H,1-12H3. The van der Waals surface area contributed by atoms with Crippen LogP contribution in [0.2, 0.25) is 0 Å².